The summed E-state index contributed by atoms with van der Waals surface area (Å²) in [6.45, 7) is 10.0. The van der Waals surface area contributed by atoms with Gasteiger partial charge in [0.25, 0.3) is 0 Å². The van der Waals surface area contributed by atoms with Crippen LogP contribution in [-0.4, -0.2) is 67.1 Å². The lowest BCUT2D eigenvalue weighted by Gasteiger charge is -2.42. The van der Waals surface area contributed by atoms with Crippen LogP contribution in [-0.2, 0) is 42.9 Å². The number of carbonyl (C=O) groups excluding carboxylic acids is 4. The first-order valence-electron chi connectivity index (χ1n) is 9.68. The minimum absolute atomic E-state index is 0.547. The van der Waals surface area contributed by atoms with E-state index in [-0.39, 0.29) is 0 Å². The fourth-order valence-electron chi connectivity index (χ4n) is 2.37. The van der Waals surface area contributed by atoms with Gasteiger partial charge >= 0.3 is 23.9 Å². The summed E-state index contributed by atoms with van der Waals surface area (Å²) in [5.41, 5.74) is -1.86. The fraction of sp³-hybridized carbons (Fsp3) is 0.800. The Hall–Kier alpha value is -1.94. The van der Waals surface area contributed by atoms with Crippen molar-refractivity contribution >= 4 is 35.5 Å². The molecule has 0 amide bonds. The predicted octanol–water partition coefficient (Wildman–Crippen LogP) is 2.31. The van der Waals surface area contributed by atoms with Crippen molar-refractivity contribution in [3.63, 3.8) is 0 Å². The van der Waals surface area contributed by atoms with Crippen molar-refractivity contribution in [3.8, 4) is 0 Å². The average Bonchev–Trinajstić information content (AvgIpc) is 2.62. The van der Waals surface area contributed by atoms with Crippen LogP contribution in [0.3, 0.4) is 0 Å². The van der Waals surface area contributed by atoms with Gasteiger partial charge in [-0.05, 0) is 41.5 Å². The first kappa shape index (κ1) is 27.1. The monoisotopic (exact) mass is 468 g/mol. The summed E-state index contributed by atoms with van der Waals surface area (Å²) in [6.07, 6.45) is -8.47. The maximum atomic E-state index is 15.4. The Morgan fingerprint density at radius 3 is 1.90 bits per heavy atom. The highest BCUT2D eigenvalue weighted by Crippen LogP contribution is 2.32. The van der Waals surface area contributed by atoms with E-state index in [0.717, 1.165) is 6.92 Å². The largest absolute Gasteiger partial charge is 0.462 e. The molecule has 5 atom stereocenters. The molecule has 0 N–H and O–H groups in total. The van der Waals surface area contributed by atoms with Gasteiger partial charge in [-0.15, -0.1) is 11.6 Å². The molecule has 1 fully saturated rings. The summed E-state index contributed by atoms with van der Waals surface area (Å²) in [6, 6.07) is 0. The van der Waals surface area contributed by atoms with Crippen molar-refractivity contribution in [2.24, 2.45) is 10.8 Å². The fourth-order valence-corrected chi connectivity index (χ4v) is 2.44. The minimum atomic E-state index is -2.07. The number of ether oxygens (including phenoxy) is 5. The van der Waals surface area contributed by atoms with Crippen molar-refractivity contribution in [1.29, 1.82) is 0 Å². The maximum Gasteiger partial charge on any atom is 0.321 e. The average molecular weight is 469 g/mol. The van der Waals surface area contributed by atoms with Crippen LogP contribution in [0.1, 0.15) is 48.5 Å². The Balaban J connectivity index is 3.22. The molecule has 1 aliphatic heterocycles. The lowest BCUT2D eigenvalue weighted by Crippen LogP contribution is -2.61. The van der Waals surface area contributed by atoms with Crippen molar-refractivity contribution < 1.29 is 47.3 Å². The van der Waals surface area contributed by atoms with Gasteiger partial charge in [0.15, 0.2) is 12.3 Å². The van der Waals surface area contributed by atoms with Gasteiger partial charge in [0.1, 0.15) is 18.6 Å². The molecule has 0 aromatic rings. The van der Waals surface area contributed by atoms with Gasteiger partial charge in [0.2, 0.25) is 12.4 Å². The van der Waals surface area contributed by atoms with E-state index >= 15 is 4.39 Å². The number of hydrogen-bond acceptors (Lipinski definition) is 9. The summed E-state index contributed by atoms with van der Waals surface area (Å²) >= 11 is 5.46. The standard InChI is InChI=1S/C20H30ClFO9/c1-10(23)28-16-15(30-12(24)8-21)14(31-18(26)20(5,6)7)13(22)11(29-16)9-27-17(25)19(2,3)4/h11,13-16H,8-9H2,1-7H3/t11?,13-,14+,15+,16?/m1/s1. The third-order valence-corrected chi connectivity index (χ3v) is 4.29. The second-order valence-corrected chi connectivity index (χ2v) is 9.42. The Bertz CT molecular complexity index is 683. The molecule has 1 rings (SSSR count). The lowest BCUT2D eigenvalue weighted by atomic mass is 9.95. The van der Waals surface area contributed by atoms with E-state index in [0.29, 0.717) is 0 Å². The van der Waals surface area contributed by atoms with Gasteiger partial charge < -0.3 is 23.7 Å². The van der Waals surface area contributed by atoms with Crippen LogP contribution in [0.25, 0.3) is 0 Å². The number of halogens is 2. The van der Waals surface area contributed by atoms with Crippen LogP contribution in [0.2, 0.25) is 0 Å². The van der Waals surface area contributed by atoms with E-state index in [4.69, 9.17) is 35.3 Å². The van der Waals surface area contributed by atoms with Crippen LogP contribution >= 0.6 is 11.6 Å². The van der Waals surface area contributed by atoms with Crippen molar-refractivity contribution in [2.75, 3.05) is 12.5 Å². The van der Waals surface area contributed by atoms with Gasteiger partial charge in [0.05, 0.1) is 10.8 Å². The molecule has 0 aliphatic carbocycles. The van der Waals surface area contributed by atoms with Crippen molar-refractivity contribution in [3.05, 3.63) is 0 Å². The first-order valence-corrected chi connectivity index (χ1v) is 10.2. The molecule has 9 nitrogen and oxygen atoms in total. The van der Waals surface area contributed by atoms with Gasteiger partial charge in [-0.2, -0.15) is 0 Å². The first-order chi connectivity index (χ1) is 14.1. The molecule has 31 heavy (non-hydrogen) atoms. The molecule has 0 aromatic carbocycles. The Kier molecular flexibility index (Phi) is 9.25. The van der Waals surface area contributed by atoms with E-state index in [1.165, 1.54) is 0 Å². The highest BCUT2D eigenvalue weighted by molar-refractivity contribution is 6.26. The highest BCUT2D eigenvalue weighted by Gasteiger charge is 2.53. The highest BCUT2D eigenvalue weighted by atomic mass is 35.5. The smallest absolute Gasteiger partial charge is 0.321 e. The third kappa shape index (κ3) is 7.92. The minimum Gasteiger partial charge on any atom is -0.462 e. The Morgan fingerprint density at radius 2 is 1.45 bits per heavy atom. The molecule has 1 heterocycles. The molecule has 0 aromatic heterocycles. The van der Waals surface area contributed by atoms with E-state index in [2.05, 4.69) is 0 Å². The zero-order valence-corrected chi connectivity index (χ0v) is 19.5. The van der Waals surface area contributed by atoms with E-state index in [9.17, 15) is 19.2 Å². The molecule has 1 saturated heterocycles. The number of carbonyl (C=O) groups is 4. The van der Waals surface area contributed by atoms with Crippen molar-refractivity contribution in [2.45, 2.75) is 79.2 Å². The van der Waals surface area contributed by atoms with Crippen LogP contribution in [0.5, 0.6) is 0 Å². The van der Waals surface area contributed by atoms with Gasteiger partial charge in [0, 0.05) is 6.92 Å². The van der Waals surface area contributed by atoms with Gasteiger partial charge in [-0.3, -0.25) is 19.2 Å². The molecule has 11 heteroatoms. The second-order valence-electron chi connectivity index (χ2n) is 9.15. The topological polar surface area (TPSA) is 114 Å². The van der Waals surface area contributed by atoms with Crippen LogP contribution in [0.4, 0.5) is 4.39 Å². The van der Waals surface area contributed by atoms with Crippen molar-refractivity contribution in [1.82, 2.24) is 0 Å². The molecular formula is C20H30ClFO9. The molecular weight excluding hydrogens is 439 g/mol. The Labute approximate surface area is 185 Å². The predicted molar refractivity (Wildman–Crippen MR) is 106 cm³/mol. The summed E-state index contributed by atoms with van der Waals surface area (Å²) in [7, 11) is 0. The molecule has 178 valence electrons. The SMILES string of the molecule is CC(=O)OC1OC(COC(=O)C(C)(C)C)[C@@H](F)[C@H](OC(=O)C(C)(C)C)[C@@H]1OC(=O)CCl. The Morgan fingerprint density at radius 1 is 0.903 bits per heavy atom. The maximum absolute atomic E-state index is 15.4. The molecule has 0 spiro atoms. The molecule has 1 aliphatic rings. The molecule has 0 saturated carbocycles. The summed E-state index contributed by atoms with van der Waals surface area (Å²) in [4.78, 5) is 47.8. The quantitative estimate of drug-likeness (QED) is 0.329. The van der Waals surface area contributed by atoms with Crippen LogP contribution in [0, 0.1) is 10.8 Å². The summed E-state index contributed by atoms with van der Waals surface area (Å²) < 4.78 is 41.3. The summed E-state index contributed by atoms with van der Waals surface area (Å²) in [5, 5.41) is 0. The van der Waals surface area contributed by atoms with E-state index in [1.54, 1.807) is 41.5 Å². The third-order valence-electron chi connectivity index (χ3n) is 4.08. The van der Waals surface area contributed by atoms with Gasteiger partial charge in [-0.25, -0.2) is 4.39 Å². The molecule has 0 bridgehead atoms. The number of rotatable bonds is 6. The number of esters is 4. The van der Waals surface area contributed by atoms with Crippen LogP contribution < -0.4 is 0 Å². The second kappa shape index (κ2) is 10.6. The number of alkyl halides is 2. The van der Waals surface area contributed by atoms with E-state index in [1.807, 2.05) is 0 Å². The van der Waals surface area contributed by atoms with Crippen LogP contribution in [0.15, 0.2) is 0 Å². The molecule has 0 radical (unpaired) electrons. The van der Waals surface area contributed by atoms with E-state index < -0.39 is 78.0 Å². The molecule has 2 unspecified atom stereocenters. The zero-order chi connectivity index (χ0) is 24.1. The lowest BCUT2D eigenvalue weighted by molar-refractivity contribution is -0.290. The number of hydrogen-bond donors (Lipinski definition) is 0. The zero-order valence-electron chi connectivity index (χ0n) is 18.7. The van der Waals surface area contributed by atoms with Gasteiger partial charge in [-0.1, -0.05) is 0 Å². The summed E-state index contributed by atoms with van der Waals surface area (Å²) in [5.74, 6) is -3.77. The normalized spacial score (nSPS) is 26.5.